The summed E-state index contributed by atoms with van der Waals surface area (Å²) >= 11 is 0. The first-order valence-corrected chi connectivity index (χ1v) is 8.16. The second kappa shape index (κ2) is 8.04. The zero-order chi connectivity index (χ0) is 17.6. The summed E-state index contributed by atoms with van der Waals surface area (Å²) in [5.41, 5.74) is 1.23. The number of hydrogen-bond acceptors (Lipinski definition) is 7. The van der Waals surface area contributed by atoms with Gasteiger partial charge in [0.25, 0.3) is 5.91 Å². The molecule has 1 aliphatic rings. The van der Waals surface area contributed by atoms with E-state index in [2.05, 4.69) is 25.5 Å². The standard InChI is InChI=1S/C16H22N6O3/c1-11-19-13(9-15(20-11)17-5-7-24-2)14-10-22(6-8-25-14)16(23)12-3-4-18-21-12/h3-4,9,14H,5-8,10H2,1-2H3,(H,18,21)(H,17,19,20). The summed E-state index contributed by atoms with van der Waals surface area (Å²) in [7, 11) is 1.65. The van der Waals surface area contributed by atoms with Crippen molar-refractivity contribution in [3.05, 3.63) is 35.5 Å². The first kappa shape index (κ1) is 17.3. The molecule has 1 aliphatic heterocycles. The molecule has 1 unspecified atom stereocenters. The largest absolute Gasteiger partial charge is 0.383 e. The molecule has 2 aromatic heterocycles. The van der Waals surface area contributed by atoms with E-state index in [0.717, 1.165) is 11.5 Å². The minimum atomic E-state index is -0.287. The molecule has 3 heterocycles. The first-order valence-electron chi connectivity index (χ1n) is 8.16. The van der Waals surface area contributed by atoms with E-state index in [1.54, 1.807) is 24.3 Å². The summed E-state index contributed by atoms with van der Waals surface area (Å²) in [4.78, 5) is 23.1. The summed E-state index contributed by atoms with van der Waals surface area (Å²) in [6, 6.07) is 3.52. The smallest absolute Gasteiger partial charge is 0.272 e. The lowest BCUT2D eigenvalue weighted by atomic mass is 10.2. The van der Waals surface area contributed by atoms with Gasteiger partial charge in [0.05, 0.1) is 25.5 Å². The highest BCUT2D eigenvalue weighted by molar-refractivity contribution is 5.92. The number of nitrogens with zero attached hydrogens (tertiary/aromatic N) is 4. The van der Waals surface area contributed by atoms with Gasteiger partial charge in [0, 0.05) is 32.5 Å². The molecule has 0 saturated carbocycles. The predicted octanol–water partition coefficient (Wildman–Crippen LogP) is 0.780. The van der Waals surface area contributed by atoms with Crippen LogP contribution in [-0.4, -0.2) is 70.9 Å². The zero-order valence-corrected chi connectivity index (χ0v) is 14.4. The number of hydrogen-bond donors (Lipinski definition) is 2. The summed E-state index contributed by atoms with van der Waals surface area (Å²) in [5.74, 6) is 1.29. The minimum Gasteiger partial charge on any atom is -0.383 e. The third-order valence-electron chi connectivity index (χ3n) is 3.88. The molecule has 25 heavy (non-hydrogen) atoms. The molecule has 1 atom stereocenters. The predicted molar refractivity (Wildman–Crippen MR) is 90.3 cm³/mol. The van der Waals surface area contributed by atoms with Gasteiger partial charge in [-0.25, -0.2) is 9.97 Å². The third kappa shape index (κ3) is 4.31. The highest BCUT2D eigenvalue weighted by Gasteiger charge is 2.28. The first-order chi connectivity index (χ1) is 12.2. The summed E-state index contributed by atoms with van der Waals surface area (Å²) in [5, 5.41) is 9.73. The van der Waals surface area contributed by atoms with E-state index >= 15 is 0 Å². The highest BCUT2D eigenvalue weighted by atomic mass is 16.5. The van der Waals surface area contributed by atoms with E-state index in [9.17, 15) is 4.79 Å². The number of anilines is 1. The number of nitrogens with one attached hydrogen (secondary N) is 2. The lowest BCUT2D eigenvalue weighted by Gasteiger charge is -2.32. The maximum atomic E-state index is 12.5. The van der Waals surface area contributed by atoms with Crippen LogP contribution in [0.3, 0.4) is 0 Å². The summed E-state index contributed by atoms with van der Waals surface area (Å²) in [6.07, 6.45) is 1.28. The molecule has 0 bridgehead atoms. The molecule has 134 valence electrons. The van der Waals surface area contributed by atoms with Gasteiger partial charge in [-0.3, -0.25) is 9.89 Å². The zero-order valence-electron chi connectivity index (χ0n) is 14.4. The van der Waals surface area contributed by atoms with Crippen molar-refractivity contribution in [2.45, 2.75) is 13.0 Å². The number of methoxy groups -OCH3 is 1. The Kier molecular flexibility index (Phi) is 5.56. The van der Waals surface area contributed by atoms with E-state index in [1.165, 1.54) is 0 Å². The van der Waals surface area contributed by atoms with Crippen LogP contribution >= 0.6 is 0 Å². The van der Waals surface area contributed by atoms with Crippen molar-refractivity contribution in [1.29, 1.82) is 0 Å². The van der Waals surface area contributed by atoms with Gasteiger partial charge < -0.3 is 19.7 Å². The van der Waals surface area contributed by atoms with Gasteiger partial charge in [0.1, 0.15) is 23.4 Å². The number of carbonyl (C=O) groups excluding carboxylic acids is 1. The molecule has 1 fully saturated rings. The van der Waals surface area contributed by atoms with Gasteiger partial charge in [-0.1, -0.05) is 0 Å². The number of ether oxygens (including phenoxy) is 2. The van der Waals surface area contributed by atoms with E-state index in [-0.39, 0.29) is 12.0 Å². The number of amides is 1. The maximum Gasteiger partial charge on any atom is 0.272 e. The van der Waals surface area contributed by atoms with Crippen LogP contribution < -0.4 is 5.32 Å². The average molecular weight is 346 g/mol. The van der Waals surface area contributed by atoms with Crippen molar-refractivity contribution in [3.8, 4) is 0 Å². The fraction of sp³-hybridized carbons (Fsp3) is 0.500. The fourth-order valence-electron chi connectivity index (χ4n) is 2.69. The molecule has 2 aromatic rings. The van der Waals surface area contributed by atoms with Crippen LogP contribution in [0.25, 0.3) is 0 Å². The Labute approximate surface area is 145 Å². The van der Waals surface area contributed by atoms with E-state index in [0.29, 0.717) is 44.4 Å². The monoisotopic (exact) mass is 346 g/mol. The van der Waals surface area contributed by atoms with Crippen LogP contribution in [0.5, 0.6) is 0 Å². The van der Waals surface area contributed by atoms with Gasteiger partial charge in [-0.05, 0) is 13.0 Å². The number of morpholine rings is 1. The molecular formula is C16H22N6O3. The number of H-pyrrole nitrogens is 1. The van der Waals surface area contributed by atoms with E-state index in [4.69, 9.17) is 9.47 Å². The molecule has 1 saturated heterocycles. The molecular weight excluding hydrogens is 324 g/mol. The summed E-state index contributed by atoms with van der Waals surface area (Å²) < 4.78 is 10.9. The van der Waals surface area contributed by atoms with E-state index < -0.39 is 0 Å². The highest BCUT2D eigenvalue weighted by Crippen LogP contribution is 2.23. The second-order valence-corrected chi connectivity index (χ2v) is 5.73. The van der Waals surface area contributed by atoms with E-state index in [1.807, 2.05) is 13.0 Å². The van der Waals surface area contributed by atoms with Crippen molar-refractivity contribution < 1.29 is 14.3 Å². The van der Waals surface area contributed by atoms with Gasteiger partial charge in [-0.2, -0.15) is 5.10 Å². The van der Waals surface area contributed by atoms with Crippen LogP contribution in [0, 0.1) is 6.92 Å². The van der Waals surface area contributed by atoms with Crippen LogP contribution in [0.15, 0.2) is 18.3 Å². The second-order valence-electron chi connectivity index (χ2n) is 5.73. The van der Waals surface area contributed by atoms with Gasteiger partial charge >= 0.3 is 0 Å². The van der Waals surface area contributed by atoms with Crippen molar-refractivity contribution in [2.24, 2.45) is 0 Å². The number of rotatable bonds is 6. The van der Waals surface area contributed by atoms with Crippen molar-refractivity contribution in [3.63, 3.8) is 0 Å². The molecule has 9 nitrogen and oxygen atoms in total. The number of aromatic nitrogens is 4. The van der Waals surface area contributed by atoms with Crippen molar-refractivity contribution in [1.82, 2.24) is 25.1 Å². The quantitative estimate of drug-likeness (QED) is 0.745. The molecule has 0 radical (unpaired) electrons. The lowest BCUT2D eigenvalue weighted by molar-refractivity contribution is -0.0250. The third-order valence-corrected chi connectivity index (χ3v) is 3.88. The Morgan fingerprint density at radius 2 is 2.40 bits per heavy atom. The Hall–Kier alpha value is -2.52. The molecule has 0 aromatic carbocycles. The van der Waals surface area contributed by atoms with Crippen LogP contribution in [0.4, 0.5) is 5.82 Å². The normalized spacial score (nSPS) is 17.5. The van der Waals surface area contributed by atoms with Crippen molar-refractivity contribution >= 4 is 11.7 Å². The number of aryl methyl sites for hydroxylation is 1. The number of aromatic amines is 1. The topological polar surface area (TPSA) is 105 Å². The van der Waals surface area contributed by atoms with Gasteiger partial charge in [0.15, 0.2) is 0 Å². The Bertz CT molecular complexity index is 706. The van der Waals surface area contributed by atoms with Crippen LogP contribution in [0.1, 0.15) is 28.1 Å². The van der Waals surface area contributed by atoms with Gasteiger partial charge in [-0.15, -0.1) is 0 Å². The summed E-state index contributed by atoms with van der Waals surface area (Å²) in [6.45, 7) is 4.51. The SMILES string of the molecule is COCCNc1cc(C2CN(C(=O)c3ccn[nH]3)CCO2)nc(C)n1. The molecule has 0 aliphatic carbocycles. The average Bonchev–Trinajstić information content (AvgIpc) is 3.16. The van der Waals surface area contributed by atoms with Crippen molar-refractivity contribution in [2.75, 3.05) is 45.3 Å². The molecule has 2 N–H and O–H groups in total. The van der Waals surface area contributed by atoms with Crippen LogP contribution in [0.2, 0.25) is 0 Å². The molecule has 9 heteroatoms. The molecule has 0 spiro atoms. The minimum absolute atomic E-state index is 0.0879. The van der Waals surface area contributed by atoms with Gasteiger partial charge in [0.2, 0.25) is 0 Å². The number of carbonyl (C=O) groups is 1. The fourth-order valence-corrected chi connectivity index (χ4v) is 2.69. The Morgan fingerprint density at radius 3 is 3.16 bits per heavy atom. The lowest BCUT2D eigenvalue weighted by Crippen LogP contribution is -2.42. The van der Waals surface area contributed by atoms with Crippen LogP contribution in [-0.2, 0) is 9.47 Å². The molecule has 1 amide bonds. The maximum absolute atomic E-state index is 12.5. The molecule has 3 rings (SSSR count). The Balaban J connectivity index is 1.71. The Morgan fingerprint density at radius 1 is 1.52 bits per heavy atom.